The zero-order valence-electron chi connectivity index (χ0n) is 14.8. The number of hydrogen-bond donors (Lipinski definition) is 3. The fourth-order valence-corrected chi connectivity index (χ4v) is 3.55. The van der Waals surface area contributed by atoms with Gasteiger partial charge in [-0.2, -0.15) is 0 Å². The highest BCUT2D eigenvalue weighted by molar-refractivity contribution is 6.31. The maximum atomic E-state index is 10.1. The van der Waals surface area contributed by atoms with E-state index in [1.54, 1.807) is 0 Å². The Hall–Kier alpha value is -1.43. The molecule has 2 aromatic rings. The topological polar surface area (TPSA) is 69.9 Å². The van der Waals surface area contributed by atoms with Crippen LogP contribution in [0.15, 0.2) is 42.5 Å². The molecule has 1 aliphatic rings. The SMILES string of the molecule is CCc1ccc(Cc2cc(C3C[C@@H](O)[C@H](O)[C@@H](CO)O3)ccc2Cl)cc1. The first-order valence-corrected chi connectivity index (χ1v) is 9.38. The molecule has 5 heteroatoms. The Morgan fingerprint density at radius 2 is 1.77 bits per heavy atom. The molecule has 0 aliphatic carbocycles. The van der Waals surface area contributed by atoms with Crippen LogP contribution in [0.2, 0.25) is 5.02 Å². The number of aryl methyl sites for hydroxylation is 1. The zero-order valence-corrected chi connectivity index (χ0v) is 15.6. The Bertz CT molecular complexity index is 731. The monoisotopic (exact) mass is 376 g/mol. The van der Waals surface area contributed by atoms with Crippen molar-refractivity contribution in [3.63, 3.8) is 0 Å². The second-order valence-electron chi connectivity index (χ2n) is 6.84. The molecule has 0 amide bonds. The summed E-state index contributed by atoms with van der Waals surface area (Å²) in [6.45, 7) is 1.80. The largest absolute Gasteiger partial charge is 0.394 e. The summed E-state index contributed by atoms with van der Waals surface area (Å²) in [7, 11) is 0. The summed E-state index contributed by atoms with van der Waals surface area (Å²) in [5.74, 6) is 0. The average molecular weight is 377 g/mol. The van der Waals surface area contributed by atoms with Crippen molar-refractivity contribution >= 4 is 11.6 Å². The van der Waals surface area contributed by atoms with Crippen molar-refractivity contribution in [1.29, 1.82) is 0 Å². The smallest absolute Gasteiger partial charge is 0.110 e. The minimum Gasteiger partial charge on any atom is -0.394 e. The van der Waals surface area contributed by atoms with Crippen LogP contribution in [-0.2, 0) is 17.6 Å². The summed E-state index contributed by atoms with van der Waals surface area (Å²) in [5.41, 5.74) is 4.35. The number of benzene rings is 2. The molecule has 0 saturated carbocycles. The number of aliphatic hydroxyl groups is 3. The van der Waals surface area contributed by atoms with Crippen molar-refractivity contribution in [3.8, 4) is 0 Å². The van der Waals surface area contributed by atoms with E-state index in [1.165, 1.54) is 11.1 Å². The minimum atomic E-state index is -1.07. The van der Waals surface area contributed by atoms with E-state index in [-0.39, 0.29) is 19.1 Å². The summed E-state index contributed by atoms with van der Waals surface area (Å²) in [6.07, 6.45) is -1.17. The third-order valence-electron chi connectivity index (χ3n) is 5.02. The van der Waals surface area contributed by atoms with Crippen LogP contribution in [0.25, 0.3) is 0 Å². The zero-order chi connectivity index (χ0) is 18.7. The predicted octanol–water partition coefficient (Wildman–Crippen LogP) is 3.04. The van der Waals surface area contributed by atoms with E-state index >= 15 is 0 Å². The lowest BCUT2D eigenvalue weighted by atomic mass is 9.92. The molecule has 1 unspecified atom stereocenters. The van der Waals surface area contributed by atoms with Crippen LogP contribution in [0.1, 0.15) is 41.7 Å². The number of halogens is 1. The molecule has 3 rings (SSSR count). The number of hydrogen-bond acceptors (Lipinski definition) is 4. The van der Waals surface area contributed by atoms with Crippen molar-refractivity contribution in [1.82, 2.24) is 0 Å². The molecule has 0 aromatic heterocycles. The molecule has 140 valence electrons. The van der Waals surface area contributed by atoms with E-state index in [9.17, 15) is 15.3 Å². The fourth-order valence-electron chi connectivity index (χ4n) is 3.36. The molecule has 3 N–H and O–H groups in total. The van der Waals surface area contributed by atoms with Crippen molar-refractivity contribution in [3.05, 3.63) is 69.7 Å². The fraction of sp³-hybridized carbons (Fsp3) is 0.429. The van der Waals surface area contributed by atoms with Crippen LogP contribution in [0.3, 0.4) is 0 Å². The van der Waals surface area contributed by atoms with E-state index in [2.05, 4.69) is 31.2 Å². The van der Waals surface area contributed by atoms with Gasteiger partial charge in [0.05, 0.1) is 18.8 Å². The molecule has 0 radical (unpaired) electrons. The Kier molecular flexibility index (Phi) is 6.33. The molecule has 1 aliphatic heterocycles. The summed E-state index contributed by atoms with van der Waals surface area (Å²) < 4.78 is 5.78. The van der Waals surface area contributed by atoms with Crippen molar-refractivity contribution in [2.45, 2.75) is 50.6 Å². The Labute approximate surface area is 159 Å². The van der Waals surface area contributed by atoms with Gasteiger partial charge in [-0.25, -0.2) is 0 Å². The van der Waals surface area contributed by atoms with Crippen molar-refractivity contribution in [2.24, 2.45) is 0 Å². The van der Waals surface area contributed by atoms with Crippen LogP contribution in [-0.4, -0.2) is 40.2 Å². The first-order valence-electron chi connectivity index (χ1n) is 9.00. The molecule has 1 saturated heterocycles. The van der Waals surface area contributed by atoms with Gasteiger partial charge in [-0.15, -0.1) is 0 Å². The predicted molar refractivity (Wildman–Crippen MR) is 101 cm³/mol. The Morgan fingerprint density at radius 1 is 1.08 bits per heavy atom. The molecule has 4 atom stereocenters. The maximum Gasteiger partial charge on any atom is 0.110 e. The average Bonchev–Trinajstić information content (AvgIpc) is 2.66. The molecule has 1 fully saturated rings. The van der Waals surface area contributed by atoms with Crippen LogP contribution in [0.5, 0.6) is 0 Å². The van der Waals surface area contributed by atoms with Crippen LogP contribution in [0.4, 0.5) is 0 Å². The quantitative estimate of drug-likeness (QED) is 0.750. The second-order valence-corrected chi connectivity index (χ2v) is 7.24. The lowest BCUT2D eigenvalue weighted by Crippen LogP contribution is -2.47. The summed E-state index contributed by atoms with van der Waals surface area (Å²) in [6, 6.07) is 14.2. The van der Waals surface area contributed by atoms with Gasteiger partial charge in [-0.3, -0.25) is 0 Å². The van der Waals surface area contributed by atoms with E-state index in [1.807, 2.05) is 18.2 Å². The van der Waals surface area contributed by atoms with Gasteiger partial charge < -0.3 is 20.1 Å². The summed E-state index contributed by atoms with van der Waals surface area (Å²) in [4.78, 5) is 0. The molecular formula is C21H25ClO4. The third kappa shape index (κ3) is 4.27. The van der Waals surface area contributed by atoms with E-state index < -0.39 is 18.3 Å². The summed E-state index contributed by atoms with van der Waals surface area (Å²) >= 11 is 6.38. The lowest BCUT2D eigenvalue weighted by molar-refractivity contribution is -0.181. The number of rotatable bonds is 5. The highest BCUT2D eigenvalue weighted by atomic mass is 35.5. The van der Waals surface area contributed by atoms with Gasteiger partial charge in [0.15, 0.2) is 0 Å². The third-order valence-corrected chi connectivity index (χ3v) is 5.39. The van der Waals surface area contributed by atoms with Gasteiger partial charge >= 0.3 is 0 Å². The second kappa shape index (κ2) is 8.51. The van der Waals surface area contributed by atoms with Crippen LogP contribution < -0.4 is 0 Å². The van der Waals surface area contributed by atoms with Crippen molar-refractivity contribution < 1.29 is 20.1 Å². The first-order chi connectivity index (χ1) is 12.5. The first kappa shape index (κ1) is 19.3. The van der Waals surface area contributed by atoms with E-state index in [4.69, 9.17) is 16.3 Å². The Morgan fingerprint density at radius 3 is 2.42 bits per heavy atom. The molecule has 2 aromatic carbocycles. The Balaban J connectivity index is 1.80. The van der Waals surface area contributed by atoms with E-state index in [0.29, 0.717) is 11.4 Å². The van der Waals surface area contributed by atoms with Gasteiger partial charge in [0.2, 0.25) is 0 Å². The van der Waals surface area contributed by atoms with Gasteiger partial charge in [-0.1, -0.05) is 54.9 Å². The highest BCUT2D eigenvalue weighted by Crippen LogP contribution is 2.34. The van der Waals surface area contributed by atoms with Gasteiger partial charge in [-0.05, 0) is 41.2 Å². The van der Waals surface area contributed by atoms with Gasteiger partial charge in [0, 0.05) is 11.4 Å². The minimum absolute atomic E-state index is 0.282. The number of aliphatic hydroxyl groups excluding tert-OH is 3. The molecule has 0 spiro atoms. The molecule has 1 heterocycles. The van der Waals surface area contributed by atoms with E-state index in [0.717, 1.165) is 17.5 Å². The van der Waals surface area contributed by atoms with Gasteiger partial charge in [0.25, 0.3) is 0 Å². The summed E-state index contributed by atoms with van der Waals surface area (Å²) in [5, 5.41) is 30.0. The maximum absolute atomic E-state index is 10.1. The normalized spacial score (nSPS) is 26.0. The molecule has 26 heavy (non-hydrogen) atoms. The van der Waals surface area contributed by atoms with Gasteiger partial charge in [0.1, 0.15) is 12.2 Å². The van der Waals surface area contributed by atoms with Crippen molar-refractivity contribution in [2.75, 3.05) is 6.61 Å². The lowest BCUT2D eigenvalue weighted by Gasteiger charge is -2.36. The molecular weight excluding hydrogens is 352 g/mol. The highest BCUT2D eigenvalue weighted by Gasteiger charge is 2.37. The molecule has 4 nitrogen and oxygen atoms in total. The standard InChI is InChI=1S/C21H25ClO4/c1-2-13-3-5-14(6-4-13)9-16-10-15(7-8-17(16)22)19-11-18(24)21(25)20(12-23)26-19/h3-8,10,18-21,23-25H,2,9,11-12H2,1H3/t18-,19?,20-,21+/m1/s1. The van der Waals surface area contributed by atoms with Crippen LogP contribution in [0, 0.1) is 0 Å². The van der Waals surface area contributed by atoms with Crippen LogP contribution >= 0.6 is 11.6 Å². The number of ether oxygens (including phenoxy) is 1. The molecule has 0 bridgehead atoms.